The Hall–Kier alpha value is -0.860. The molecule has 0 amide bonds. The minimum Gasteiger partial charge on any atom is -0.465 e. The topological polar surface area (TPSA) is 43.4 Å². The minimum absolute atomic E-state index is 0.0568. The molecule has 76 valence electrons. The van der Waals surface area contributed by atoms with E-state index in [9.17, 15) is 9.59 Å². The summed E-state index contributed by atoms with van der Waals surface area (Å²) in [6, 6.07) is 0. The molecule has 0 spiro atoms. The molecule has 0 rings (SSSR count). The van der Waals surface area contributed by atoms with Crippen molar-refractivity contribution in [1.82, 2.24) is 0 Å². The summed E-state index contributed by atoms with van der Waals surface area (Å²) in [6.07, 6.45) is 3.85. The van der Waals surface area contributed by atoms with E-state index < -0.39 is 0 Å². The van der Waals surface area contributed by atoms with Crippen molar-refractivity contribution < 1.29 is 14.3 Å². The molecule has 0 aromatic rings. The van der Waals surface area contributed by atoms with Crippen LogP contribution >= 0.6 is 0 Å². The van der Waals surface area contributed by atoms with Gasteiger partial charge in [-0.2, -0.15) is 0 Å². The van der Waals surface area contributed by atoms with Crippen LogP contribution in [-0.2, 0) is 14.3 Å². The number of hydrogen-bond acceptors (Lipinski definition) is 3. The molecule has 0 aliphatic heterocycles. The van der Waals surface area contributed by atoms with Crippen LogP contribution < -0.4 is 0 Å². The number of ether oxygens (including phenoxy) is 1. The fraction of sp³-hybridized carbons (Fsp3) is 0.800. The Morgan fingerprint density at radius 2 is 1.85 bits per heavy atom. The van der Waals surface area contributed by atoms with E-state index in [1.807, 2.05) is 0 Å². The smallest absolute Gasteiger partial charge is 0.305 e. The first-order valence-electron chi connectivity index (χ1n) is 4.82. The van der Waals surface area contributed by atoms with Crippen molar-refractivity contribution in [3.8, 4) is 0 Å². The average molecular weight is 186 g/mol. The molecule has 0 atom stereocenters. The van der Waals surface area contributed by atoms with Crippen molar-refractivity contribution in [1.29, 1.82) is 0 Å². The summed E-state index contributed by atoms with van der Waals surface area (Å²) in [4.78, 5) is 21.5. The van der Waals surface area contributed by atoms with Crippen LogP contribution in [0.2, 0.25) is 0 Å². The minimum atomic E-state index is -0.185. The van der Waals surface area contributed by atoms with Crippen molar-refractivity contribution in [2.24, 2.45) is 0 Å². The Labute approximate surface area is 79.5 Å². The standard InChI is InChI=1S/C10H18O3/c1-3-4-5-6-10(12)13-8-7-9(2)11/h3-8H2,1-2H3. The van der Waals surface area contributed by atoms with Gasteiger partial charge in [0.1, 0.15) is 5.78 Å². The number of carbonyl (C=O) groups excluding carboxylic acids is 2. The van der Waals surface area contributed by atoms with Crippen LogP contribution in [0.15, 0.2) is 0 Å². The van der Waals surface area contributed by atoms with Crippen molar-refractivity contribution in [2.45, 2.75) is 46.0 Å². The number of hydrogen-bond donors (Lipinski definition) is 0. The summed E-state index contributed by atoms with van der Waals surface area (Å²) in [5.74, 6) is -0.129. The van der Waals surface area contributed by atoms with Gasteiger partial charge in [0.15, 0.2) is 0 Å². The molecule has 0 aromatic carbocycles. The van der Waals surface area contributed by atoms with E-state index in [-0.39, 0.29) is 18.4 Å². The fourth-order valence-corrected chi connectivity index (χ4v) is 0.900. The highest BCUT2D eigenvalue weighted by molar-refractivity contribution is 5.76. The number of Topliss-reactive ketones (excluding diaryl/α,β-unsaturated/α-hetero) is 1. The molecule has 0 unspecified atom stereocenters. The van der Waals surface area contributed by atoms with Crippen LogP contribution in [0.4, 0.5) is 0 Å². The van der Waals surface area contributed by atoms with Crippen LogP contribution in [0.1, 0.15) is 46.0 Å². The normalized spacial score (nSPS) is 9.69. The first-order valence-corrected chi connectivity index (χ1v) is 4.82. The van der Waals surface area contributed by atoms with Gasteiger partial charge in [0.25, 0.3) is 0 Å². The third kappa shape index (κ3) is 9.05. The molecular weight excluding hydrogens is 168 g/mol. The molecule has 3 heteroatoms. The number of rotatable bonds is 7. The Bertz CT molecular complexity index is 164. The van der Waals surface area contributed by atoms with Gasteiger partial charge in [-0.05, 0) is 13.3 Å². The van der Waals surface area contributed by atoms with Crippen LogP contribution in [0.25, 0.3) is 0 Å². The summed E-state index contributed by atoms with van der Waals surface area (Å²) in [6.45, 7) is 3.81. The molecule has 13 heavy (non-hydrogen) atoms. The molecule has 0 N–H and O–H groups in total. The van der Waals surface area contributed by atoms with Crippen molar-refractivity contribution in [3.05, 3.63) is 0 Å². The van der Waals surface area contributed by atoms with Crippen LogP contribution in [0, 0.1) is 0 Å². The highest BCUT2D eigenvalue weighted by atomic mass is 16.5. The van der Waals surface area contributed by atoms with Gasteiger partial charge in [-0.25, -0.2) is 0 Å². The molecule has 0 aliphatic carbocycles. The Morgan fingerprint density at radius 3 is 2.38 bits per heavy atom. The first kappa shape index (κ1) is 12.1. The van der Waals surface area contributed by atoms with Gasteiger partial charge < -0.3 is 4.74 Å². The van der Waals surface area contributed by atoms with Gasteiger partial charge in [0, 0.05) is 12.8 Å². The Kier molecular flexibility index (Phi) is 7.26. The zero-order valence-corrected chi connectivity index (χ0v) is 8.47. The summed E-state index contributed by atoms with van der Waals surface area (Å²) < 4.78 is 4.84. The lowest BCUT2D eigenvalue weighted by Gasteiger charge is -2.02. The van der Waals surface area contributed by atoms with E-state index in [1.54, 1.807) is 0 Å². The maximum Gasteiger partial charge on any atom is 0.305 e. The zero-order chi connectivity index (χ0) is 10.1. The second kappa shape index (κ2) is 7.77. The molecule has 0 aliphatic rings. The van der Waals surface area contributed by atoms with Crippen molar-refractivity contribution in [3.63, 3.8) is 0 Å². The molecule has 0 fully saturated rings. The van der Waals surface area contributed by atoms with E-state index in [4.69, 9.17) is 4.74 Å². The second-order valence-electron chi connectivity index (χ2n) is 3.13. The largest absolute Gasteiger partial charge is 0.465 e. The van der Waals surface area contributed by atoms with Crippen LogP contribution in [-0.4, -0.2) is 18.4 Å². The average Bonchev–Trinajstić information content (AvgIpc) is 2.04. The maximum absolute atomic E-state index is 11.0. The van der Waals surface area contributed by atoms with Crippen LogP contribution in [0.3, 0.4) is 0 Å². The molecule has 0 bridgehead atoms. The summed E-state index contributed by atoms with van der Waals surface area (Å²) in [5, 5.41) is 0. The van der Waals surface area contributed by atoms with Gasteiger partial charge in [-0.1, -0.05) is 19.8 Å². The Morgan fingerprint density at radius 1 is 1.15 bits per heavy atom. The quantitative estimate of drug-likeness (QED) is 0.451. The number of esters is 1. The second-order valence-corrected chi connectivity index (χ2v) is 3.13. The zero-order valence-electron chi connectivity index (χ0n) is 8.47. The lowest BCUT2D eigenvalue weighted by Crippen LogP contribution is -2.07. The van der Waals surface area contributed by atoms with Crippen molar-refractivity contribution >= 4 is 11.8 Å². The molecule has 0 saturated carbocycles. The van der Waals surface area contributed by atoms with Gasteiger partial charge >= 0.3 is 5.97 Å². The SMILES string of the molecule is CCCCCC(=O)OCCC(C)=O. The van der Waals surface area contributed by atoms with E-state index in [2.05, 4.69) is 6.92 Å². The molecule has 0 aromatic heterocycles. The molecule has 0 radical (unpaired) electrons. The number of unbranched alkanes of at least 4 members (excludes halogenated alkanes) is 2. The van der Waals surface area contributed by atoms with Gasteiger partial charge in [0.2, 0.25) is 0 Å². The third-order valence-electron chi connectivity index (χ3n) is 1.70. The predicted octanol–water partition coefficient (Wildman–Crippen LogP) is 2.09. The summed E-state index contributed by atoms with van der Waals surface area (Å²) in [7, 11) is 0. The highest BCUT2D eigenvalue weighted by Gasteiger charge is 2.02. The summed E-state index contributed by atoms with van der Waals surface area (Å²) in [5.41, 5.74) is 0. The number of carbonyl (C=O) groups is 2. The van der Waals surface area contributed by atoms with E-state index >= 15 is 0 Å². The Balaban J connectivity index is 3.25. The lowest BCUT2D eigenvalue weighted by atomic mass is 10.2. The highest BCUT2D eigenvalue weighted by Crippen LogP contribution is 2.00. The molecule has 3 nitrogen and oxygen atoms in total. The molecule has 0 heterocycles. The lowest BCUT2D eigenvalue weighted by molar-refractivity contribution is -0.144. The molecule has 0 saturated heterocycles. The third-order valence-corrected chi connectivity index (χ3v) is 1.70. The maximum atomic E-state index is 11.0. The summed E-state index contributed by atoms with van der Waals surface area (Å²) >= 11 is 0. The monoisotopic (exact) mass is 186 g/mol. The van der Waals surface area contributed by atoms with Gasteiger partial charge in [0.05, 0.1) is 6.61 Å². The van der Waals surface area contributed by atoms with E-state index in [0.717, 1.165) is 19.3 Å². The van der Waals surface area contributed by atoms with Crippen LogP contribution in [0.5, 0.6) is 0 Å². The first-order chi connectivity index (χ1) is 6.16. The number of ketones is 1. The van der Waals surface area contributed by atoms with Gasteiger partial charge in [-0.15, -0.1) is 0 Å². The predicted molar refractivity (Wildman–Crippen MR) is 50.4 cm³/mol. The van der Waals surface area contributed by atoms with Crippen molar-refractivity contribution in [2.75, 3.05) is 6.61 Å². The van der Waals surface area contributed by atoms with E-state index in [0.29, 0.717) is 12.8 Å². The van der Waals surface area contributed by atoms with E-state index in [1.165, 1.54) is 6.92 Å². The van der Waals surface area contributed by atoms with Gasteiger partial charge in [-0.3, -0.25) is 9.59 Å². The fourth-order valence-electron chi connectivity index (χ4n) is 0.900. The molecular formula is C10H18O3.